The number of hydrogen-bond donors (Lipinski definition) is 1. The number of ether oxygens (including phenoxy) is 1. The third-order valence-electron chi connectivity index (χ3n) is 4.25. The quantitative estimate of drug-likeness (QED) is 0.936. The van der Waals surface area contributed by atoms with Crippen molar-refractivity contribution >= 4 is 5.91 Å². The van der Waals surface area contributed by atoms with Gasteiger partial charge in [-0.25, -0.2) is 13.8 Å². The minimum absolute atomic E-state index is 0.00289. The Labute approximate surface area is 138 Å². The number of carbonyl (C=O) groups excluding carboxylic acids is 1. The van der Waals surface area contributed by atoms with Crippen molar-refractivity contribution in [3.05, 3.63) is 47.2 Å². The van der Waals surface area contributed by atoms with Crippen LogP contribution in [0.1, 0.15) is 36.3 Å². The highest BCUT2D eigenvalue weighted by atomic mass is 19.1. The molecule has 0 bridgehead atoms. The van der Waals surface area contributed by atoms with Crippen molar-refractivity contribution in [2.45, 2.75) is 32.8 Å². The number of amides is 1. The topological polar surface area (TPSA) is 65.2 Å². The molecule has 0 radical (unpaired) electrons. The van der Waals surface area contributed by atoms with Gasteiger partial charge in [0.2, 0.25) is 5.88 Å². The fourth-order valence-corrected chi connectivity index (χ4v) is 2.92. The van der Waals surface area contributed by atoms with E-state index in [1.165, 1.54) is 18.2 Å². The summed E-state index contributed by atoms with van der Waals surface area (Å²) < 4.78 is 33.3. The van der Waals surface area contributed by atoms with Gasteiger partial charge in [-0.2, -0.15) is 0 Å². The van der Waals surface area contributed by atoms with Crippen molar-refractivity contribution in [3.63, 3.8) is 0 Å². The molecule has 3 rings (SSSR count). The van der Waals surface area contributed by atoms with Gasteiger partial charge in [-0.05, 0) is 42.5 Å². The van der Waals surface area contributed by atoms with Gasteiger partial charge in [0.1, 0.15) is 23.4 Å². The number of rotatable bonds is 3. The highest BCUT2D eigenvalue weighted by molar-refractivity contribution is 5.93. The average Bonchev–Trinajstić information content (AvgIpc) is 2.53. The lowest BCUT2D eigenvalue weighted by molar-refractivity contribution is 0.0985. The molecule has 0 aliphatic carbocycles. The van der Waals surface area contributed by atoms with Crippen LogP contribution in [0, 0.1) is 17.6 Å². The molecule has 1 amide bonds. The normalized spacial score (nSPS) is 16.6. The number of pyridine rings is 1. The number of nitrogens with two attached hydrogens (primary N) is 1. The van der Waals surface area contributed by atoms with Gasteiger partial charge in [-0.1, -0.05) is 13.8 Å². The second-order valence-corrected chi connectivity index (χ2v) is 6.27. The number of halogens is 2. The summed E-state index contributed by atoms with van der Waals surface area (Å²) in [5, 5.41) is 0. The minimum atomic E-state index is -0.725. The van der Waals surface area contributed by atoms with Gasteiger partial charge in [0.25, 0.3) is 5.91 Å². The van der Waals surface area contributed by atoms with Crippen LogP contribution in [0.5, 0.6) is 5.88 Å². The number of primary amides is 1. The van der Waals surface area contributed by atoms with Crippen LogP contribution in [0.2, 0.25) is 0 Å². The summed E-state index contributed by atoms with van der Waals surface area (Å²) in [5.74, 6) is -1.51. The molecule has 24 heavy (non-hydrogen) atoms. The Hall–Kier alpha value is -2.50. The molecule has 2 N–H and O–H groups in total. The lowest BCUT2D eigenvalue weighted by Gasteiger charge is -2.29. The molecule has 1 aromatic carbocycles. The highest BCUT2D eigenvalue weighted by Crippen LogP contribution is 2.37. The van der Waals surface area contributed by atoms with E-state index in [0.29, 0.717) is 23.4 Å². The van der Waals surface area contributed by atoms with Crippen molar-refractivity contribution in [2.24, 2.45) is 11.7 Å². The summed E-state index contributed by atoms with van der Waals surface area (Å²) in [7, 11) is 0. The van der Waals surface area contributed by atoms with Crippen molar-refractivity contribution < 1.29 is 18.3 Å². The van der Waals surface area contributed by atoms with Gasteiger partial charge in [-0.3, -0.25) is 4.79 Å². The van der Waals surface area contributed by atoms with E-state index in [1.807, 2.05) is 13.8 Å². The zero-order valence-electron chi connectivity index (χ0n) is 13.5. The van der Waals surface area contributed by atoms with Gasteiger partial charge < -0.3 is 10.5 Å². The highest BCUT2D eigenvalue weighted by Gasteiger charge is 2.28. The van der Waals surface area contributed by atoms with Crippen molar-refractivity contribution in [1.82, 2.24) is 4.98 Å². The molecular formula is C18H18F2N2O2. The molecule has 1 atom stereocenters. The van der Waals surface area contributed by atoms with E-state index in [-0.39, 0.29) is 23.3 Å². The zero-order chi connectivity index (χ0) is 17.4. The molecular weight excluding hydrogens is 314 g/mol. The van der Waals surface area contributed by atoms with Crippen LogP contribution in [-0.4, -0.2) is 17.0 Å². The lowest BCUT2D eigenvalue weighted by atomic mass is 9.91. The Balaban J connectivity index is 2.17. The van der Waals surface area contributed by atoms with Gasteiger partial charge in [0.05, 0.1) is 0 Å². The fourth-order valence-electron chi connectivity index (χ4n) is 2.92. The summed E-state index contributed by atoms with van der Waals surface area (Å²) in [6.45, 7) is 4.07. The summed E-state index contributed by atoms with van der Waals surface area (Å²) >= 11 is 0. The summed E-state index contributed by atoms with van der Waals surface area (Å²) in [6, 6.07) is 4.78. The molecule has 2 heterocycles. The van der Waals surface area contributed by atoms with Crippen molar-refractivity contribution in [1.29, 1.82) is 0 Å². The van der Waals surface area contributed by atoms with E-state index in [2.05, 4.69) is 4.98 Å². The molecule has 0 spiro atoms. The predicted molar refractivity (Wildman–Crippen MR) is 85.7 cm³/mol. The Morgan fingerprint density at radius 1 is 1.29 bits per heavy atom. The molecule has 126 valence electrons. The molecule has 2 aromatic rings. The molecule has 1 unspecified atom stereocenters. The lowest BCUT2D eigenvalue weighted by Crippen LogP contribution is -2.29. The maximum absolute atomic E-state index is 14.2. The molecule has 1 aliphatic heterocycles. The molecule has 1 aromatic heterocycles. The number of aromatic nitrogens is 1. The first-order valence-electron chi connectivity index (χ1n) is 7.82. The smallest absolute Gasteiger partial charge is 0.267 e. The van der Waals surface area contributed by atoms with Gasteiger partial charge >= 0.3 is 0 Å². The Bertz CT molecular complexity index is 806. The minimum Gasteiger partial charge on any atom is -0.474 e. The van der Waals surface area contributed by atoms with Gasteiger partial charge in [0.15, 0.2) is 0 Å². The third kappa shape index (κ3) is 2.96. The van der Waals surface area contributed by atoms with Gasteiger partial charge in [-0.15, -0.1) is 0 Å². The molecule has 4 nitrogen and oxygen atoms in total. The van der Waals surface area contributed by atoms with E-state index in [9.17, 15) is 13.6 Å². The molecule has 0 saturated carbocycles. The Morgan fingerprint density at radius 3 is 2.67 bits per heavy atom. The molecule has 1 aliphatic rings. The monoisotopic (exact) mass is 332 g/mol. The Morgan fingerprint density at radius 2 is 2.04 bits per heavy atom. The van der Waals surface area contributed by atoms with Crippen LogP contribution >= 0.6 is 0 Å². The zero-order valence-corrected chi connectivity index (χ0v) is 13.5. The molecule has 6 heteroatoms. The standard InChI is InChI=1S/C18H18F2N2O2/c1-9(2)16-6-5-12-13(11-4-3-10(19)7-14(11)20)8-15(17(21)23)22-18(12)24-16/h3-4,7-9,16H,5-6H2,1-2H3,(H2,21,23). The van der Waals surface area contributed by atoms with Crippen LogP contribution in [0.3, 0.4) is 0 Å². The van der Waals surface area contributed by atoms with E-state index in [4.69, 9.17) is 10.5 Å². The maximum Gasteiger partial charge on any atom is 0.267 e. The van der Waals surface area contributed by atoms with Crippen molar-refractivity contribution in [2.75, 3.05) is 0 Å². The summed E-state index contributed by atoms with van der Waals surface area (Å²) in [5.41, 5.74) is 6.71. The number of fused-ring (bicyclic) bond motifs is 1. The second kappa shape index (κ2) is 6.19. The van der Waals surface area contributed by atoms with Crippen LogP contribution in [0.15, 0.2) is 24.3 Å². The van der Waals surface area contributed by atoms with E-state index >= 15 is 0 Å². The van der Waals surface area contributed by atoms with Crippen LogP contribution < -0.4 is 10.5 Å². The van der Waals surface area contributed by atoms with Gasteiger partial charge in [0, 0.05) is 17.2 Å². The van der Waals surface area contributed by atoms with Crippen molar-refractivity contribution in [3.8, 4) is 17.0 Å². The number of carbonyl (C=O) groups is 1. The fraction of sp³-hybridized carbons (Fsp3) is 0.333. The number of nitrogens with zero attached hydrogens (tertiary/aromatic N) is 1. The van der Waals surface area contributed by atoms with E-state index in [0.717, 1.165) is 12.5 Å². The second-order valence-electron chi connectivity index (χ2n) is 6.27. The Kier molecular flexibility index (Phi) is 4.22. The first-order valence-corrected chi connectivity index (χ1v) is 7.82. The summed E-state index contributed by atoms with van der Waals surface area (Å²) in [6.07, 6.45) is 1.37. The van der Waals surface area contributed by atoms with Crippen LogP contribution in [0.25, 0.3) is 11.1 Å². The SMILES string of the molecule is CC(C)C1CCc2c(-c3ccc(F)cc3F)cc(C(N)=O)nc2O1. The summed E-state index contributed by atoms with van der Waals surface area (Å²) in [4.78, 5) is 15.8. The van der Waals surface area contributed by atoms with E-state index in [1.54, 1.807) is 0 Å². The maximum atomic E-state index is 14.2. The number of hydrogen-bond acceptors (Lipinski definition) is 3. The van der Waals surface area contributed by atoms with Crippen LogP contribution in [0.4, 0.5) is 8.78 Å². The average molecular weight is 332 g/mol. The largest absolute Gasteiger partial charge is 0.474 e. The molecule has 0 fully saturated rings. The predicted octanol–water partition coefficient (Wildman–Crippen LogP) is 3.48. The number of benzene rings is 1. The first kappa shape index (κ1) is 16.4. The van der Waals surface area contributed by atoms with Crippen LogP contribution in [-0.2, 0) is 6.42 Å². The molecule has 0 saturated heterocycles. The third-order valence-corrected chi connectivity index (χ3v) is 4.25. The van der Waals surface area contributed by atoms with E-state index < -0.39 is 17.5 Å². The first-order chi connectivity index (χ1) is 11.4.